The minimum atomic E-state index is 0.0575. The molecule has 0 radical (unpaired) electrons. The van der Waals surface area contributed by atoms with Crippen LogP contribution in [0.15, 0.2) is 0 Å². The highest BCUT2D eigenvalue weighted by molar-refractivity contribution is 5.80. The van der Waals surface area contributed by atoms with Crippen molar-refractivity contribution in [3.63, 3.8) is 0 Å². The number of ether oxygens (including phenoxy) is 1. The molecule has 20 heavy (non-hydrogen) atoms. The number of carbonyl (C=O) groups is 2. The van der Waals surface area contributed by atoms with E-state index in [9.17, 15) is 9.59 Å². The molecule has 0 aromatic carbocycles. The Labute approximate surface area is 121 Å². The highest BCUT2D eigenvalue weighted by Gasteiger charge is 2.27. The molecule has 2 fully saturated rings. The molecule has 0 aromatic heterocycles. The summed E-state index contributed by atoms with van der Waals surface area (Å²) in [5.74, 6) is 0.413. The van der Waals surface area contributed by atoms with Crippen LogP contribution in [0.1, 0.15) is 45.4 Å². The van der Waals surface area contributed by atoms with Gasteiger partial charge in [-0.3, -0.25) is 9.59 Å². The number of hydrogen-bond acceptors (Lipinski definition) is 3. The van der Waals surface area contributed by atoms with Crippen LogP contribution in [0, 0.1) is 5.92 Å². The normalized spacial score (nSPS) is 23.9. The zero-order valence-electron chi connectivity index (χ0n) is 12.4. The van der Waals surface area contributed by atoms with Crippen molar-refractivity contribution in [2.24, 2.45) is 5.92 Å². The number of carbonyl (C=O) groups excluding carboxylic acids is 2. The number of likely N-dealkylation sites (tertiary alicyclic amines) is 1. The molecule has 0 bridgehead atoms. The van der Waals surface area contributed by atoms with Gasteiger partial charge in [0, 0.05) is 38.6 Å². The number of amides is 2. The minimum absolute atomic E-state index is 0.0575. The van der Waals surface area contributed by atoms with Gasteiger partial charge >= 0.3 is 0 Å². The molecule has 0 saturated carbocycles. The summed E-state index contributed by atoms with van der Waals surface area (Å²) in [5, 5.41) is 3.00. The molecule has 2 amide bonds. The Morgan fingerprint density at radius 1 is 1.25 bits per heavy atom. The monoisotopic (exact) mass is 282 g/mol. The van der Waals surface area contributed by atoms with E-state index in [4.69, 9.17) is 4.74 Å². The third-order valence-electron chi connectivity index (χ3n) is 4.21. The van der Waals surface area contributed by atoms with Crippen molar-refractivity contribution in [2.45, 2.75) is 51.6 Å². The summed E-state index contributed by atoms with van der Waals surface area (Å²) in [6, 6.07) is 0. The lowest BCUT2D eigenvalue weighted by Gasteiger charge is -2.31. The zero-order chi connectivity index (χ0) is 14.4. The number of rotatable bonds is 5. The van der Waals surface area contributed by atoms with Gasteiger partial charge in [-0.2, -0.15) is 0 Å². The summed E-state index contributed by atoms with van der Waals surface area (Å²) in [5.41, 5.74) is 0. The molecule has 5 nitrogen and oxygen atoms in total. The SMILES string of the molecule is CCCC(=O)N1CCC(C(=O)NC[C@H]2CCCO2)CC1. The smallest absolute Gasteiger partial charge is 0.223 e. The van der Waals surface area contributed by atoms with E-state index in [-0.39, 0.29) is 23.8 Å². The topological polar surface area (TPSA) is 58.6 Å². The molecule has 5 heteroatoms. The van der Waals surface area contributed by atoms with E-state index >= 15 is 0 Å². The van der Waals surface area contributed by atoms with E-state index in [2.05, 4.69) is 5.32 Å². The van der Waals surface area contributed by atoms with Crippen LogP contribution in [0.2, 0.25) is 0 Å². The van der Waals surface area contributed by atoms with Crippen LogP contribution in [0.5, 0.6) is 0 Å². The number of piperidine rings is 1. The van der Waals surface area contributed by atoms with Gasteiger partial charge in [0.2, 0.25) is 11.8 Å². The van der Waals surface area contributed by atoms with Gasteiger partial charge in [0.25, 0.3) is 0 Å². The molecule has 1 N–H and O–H groups in total. The van der Waals surface area contributed by atoms with Crippen molar-refractivity contribution in [2.75, 3.05) is 26.2 Å². The number of nitrogens with one attached hydrogen (secondary N) is 1. The zero-order valence-corrected chi connectivity index (χ0v) is 12.4. The molecule has 0 spiro atoms. The average Bonchev–Trinajstić information content (AvgIpc) is 2.98. The molecule has 114 valence electrons. The third kappa shape index (κ3) is 4.20. The van der Waals surface area contributed by atoms with Gasteiger partial charge < -0.3 is 15.0 Å². The molecule has 2 saturated heterocycles. The summed E-state index contributed by atoms with van der Waals surface area (Å²) in [7, 11) is 0. The predicted octanol–water partition coefficient (Wildman–Crippen LogP) is 1.32. The first-order valence-corrected chi connectivity index (χ1v) is 7.87. The van der Waals surface area contributed by atoms with Gasteiger partial charge in [0.1, 0.15) is 0 Å². The van der Waals surface area contributed by atoms with Gasteiger partial charge in [0.15, 0.2) is 0 Å². The maximum Gasteiger partial charge on any atom is 0.223 e. The third-order valence-corrected chi connectivity index (χ3v) is 4.21. The number of hydrogen-bond donors (Lipinski definition) is 1. The van der Waals surface area contributed by atoms with Crippen molar-refractivity contribution < 1.29 is 14.3 Å². The van der Waals surface area contributed by atoms with E-state index in [1.165, 1.54) is 0 Å². The Kier molecular flexibility index (Phi) is 5.83. The first-order valence-electron chi connectivity index (χ1n) is 7.87. The standard InChI is InChI=1S/C15H26N2O3/c1-2-4-14(18)17-8-6-12(7-9-17)15(19)16-11-13-5-3-10-20-13/h12-13H,2-11H2,1H3,(H,16,19)/t13-/m1/s1. The van der Waals surface area contributed by atoms with Crippen molar-refractivity contribution in [3.05, 3.63) is 0 Å². The lowest BCUT2D eigenvalue weighted by molar-refractivity contribution is -0.135. The van der Waals surface area contributed by atoms with Crippen LogP contribution in [-0.2, 0) is 14.3 Å². The maximum absolute atomic E-state index is 12.1. The molecule has 2 aliphatic rings. The number of nitrogens with zero attached hydrogens (tertiary/aromatic N) is 1. The minimum Gasteiger partial charge on any atom is -0.376 e. The van der Waals surface area contributed by atoms with Crippen LogP contribution >= 0.6 is 0 Å². The Morgan fingerprint density at radius 2 is 2.00 bits per heavy atom. The van der Waals surface area contributed by atoms with Crippen LogP contribution < -0.4 is 5.32 Å². The summed E-state index contributed by atoms with van der Waals surface area (Å²) in [6.07, 6.45) is 5.42. The van der Waals surface area contributed by atoms with E-state index in [1.54, 1.807) is 0 Å². The summed E-state index contributed by atoms with van der Waals surface area (Å²) in [6.45, 7) is 4.91. The largest absolute Gasteiger partial charge is 0.376 e. The van der Waals surface area contributed by atoms with E-state index in [1.807, 2.05) is 11.8 Å². The van der Waals surface area contributed by atoms with Crippen molar-refractivity contribution in [1.82, 2.24) is 10.2 Å². The maximum atomic E-state index is 12.1. The Bertz CT molecular complexity index is 332. The van der Waals surface area contributed by atoms with Crippen LogP contribution in [-0.4, -0.2) is 49.1 Å². The van der Waals surface area contributed by atoms with Gasteiger partial charge in [-0.15, -0.1) is 0 Å². The van der Waals surface area contributed by atoms with Gasteiger partial charge in [-0.25, -0.2) is 0 Å². The predicted molar refractivity (Wildman–Crippen MR) is 76.2 cm³/mol. The molecular formula is C15H26N2O3. The van der Waals surface area contributed by atoms with Crippen molar-refractivity contribution >= 4 is 11.8 Å². The molecule has 0 aliphatic carbocycles. The van der Waals surface area contributed by atoms with Crippen LogP contribution in [0.4, 0.5) is 0 Å². The quantitative estimate of drug-likeness (QED) is 0.827. The molecule has 0 aromatic rings. The highest BCUT2D eigenvalue weighted by Crippen LogP contribution is 2.18. The fourth-order valence-corrected chi connectivity index (χ4v) is 2.93. The fourth-order valence-electron chi connectivity index (χ4n) is 2.93. The van der Waals surface area contributed by atoms with Gasteiger partial charge in [0.05, 0.1) is 6.10 Å². The molecule has 2 rings (SSSR count). The summed E-state index contributed by atoms with van der Waals surface area (Å²) >= 11 is 0. The van der Waals surface area contributed by atoms with Gasteiger partial charge in [-0.05, 0) is 32.1 Å². The van der Waals surface area contributed by atoms with Crippen LogP contribution in [0.25, 0.3) is 0 Å². The van der Waals surface area contributed by atoms with E-state index < -0.39 is 0 Å². The lowest BCUT2D eigenvalue weighted by atomic mass is 9.95. The molecular weight excluding hydrogens is 256 g/mol. The summed E-state index contributed by atoms with van der Waals surface area (Å²) < 4.78 is 5.50. The highest BCUT2D eigenvalue weighted by atomic mass is 16.5. The Balaban J connectivity index is 1.67. The average molecular weight is 282 g/mol. The lowest BCUT2D eigenvalue weighted by Crippen LogP contribution is -2.44. The Hall–Kier alpha value is -1.10. The second-order valence-corrected chi connectivity index (χ2v) is 5.79. The van der Waals surface area contributed by atoms with Crippen molar-refractivity contribution in [3.8, 4) is 0 Å². The molecule has 1 atom stereocenters. The Morgan fingerprint density at radius 3 is 2.60 bits per heavy atom. The van der Waals surface area contributed by atoms with Gasteiger partial charge in [-0.1, -0.05) is 6.92 Å². The summed E-state index contributed by atoms with van der Waals surface area (Å²) in [4.78, 5) is 25.8. The first kappa shape index (κ1) is 15.3. The first-order chi connectivity index (χ1) is 9.70. The molecule has 2 heterocycles. The van der Waals surface area contributed by atoms with Crippen molar-refractivity contribution in [1.29, 1.82) is 0 Å². The van der Waals surface area contributed by atoms with Crippen LogP contribution in [0.3, 0.4) is 0 Å². The molecule has 0 unspecified atom stereocenters. The fraction of sp³-hybridized carbons (Fsp3) is 0.867. The second kappa shape index (κ2) is 7.62. The molecule has 2 aliphatic heterocycles. The second-order valence-electron chi connectivity index (χ2n) is 5.79. The van der Waals surface area contributed by atoms with E-state index in [0.717, 1.165) is 51.8 Å². The van der Waals surface area contributed by atoms with E-state index in [0.29, 0.717) is 13.0 Å².